The van der Waals surface area contributed by atoms with Crippen LogP contribution in [-0.4, -0.2) is 31.6 Å². The summed E-state index contributed by atoms with van der Waals surface area (Å²) in [5.41, 5.74) is 1.60. The fourth-order valence-corrected chi connectivity index (χ4v) is 1.66. The van der Waals surface area contributed by atoms with E-state index in [9.17, 15) is 10.1 Å². The van der Waals surface area contributed by atoms with Crippen molar-refractivity contribution in [2.45, 2.75) is 19.5 Å². The standard InChI is InChI=1S/C12H15N5O3/c18-7-1-6-16-9-11(14-15-16)8-13-10-2-4-12(5-3-10)17(19)20/h2-5,9,13,18H,1,6-8H2. The highest BCUT2D eigenvalue weighted by molar-refractivity contribution is 5.48. The highest BCUT2D eigenvalue weighted by Gasteiger charge is 2.04. The molecule has 2 N–H and O–H groups in total. The Morgan fingerprint density at radius 2 is 2.10 bits per heavy atom. The van der Waals surface area contributed by atoms with Gasteiger partial charge < -0.3 is 10.4 Å². The number of benzene rings is 1. The van der Waals surface area contributed by atoms with Gasteiger partial charge in [-0.1, -0.05) is 5.21 Å². The number of hydrogen-bond acceptors (Lipinski definition) is 6. The second kappa shape index (κ2) is 6.62. The first-order valence-electron chi connectivity index (χ1n) is 6.17. The molecule has 106 valence electrons. The number of nitro groups is 1. The topological polar surface area (TPSA) is 106 Å². The Hall–Kier alpha value is -2.48. The highest BCUT2D eigenvalue weighted by atomic mass is 16.6. The van der Waals surface area contributed by atoms with Crippen LogP contribution in [0.3, 0.4) is 0 Å². The highest BCUT2D eigenvalue weighted by Crippen LogP contribution is 2.15. The fraction of sp³-hybridized carbons (Fsp3) is 0.333. The summed E-state index contributed by atoms with van der Waals surface area (Å²) in [5, 5.41) is 30.3. The van der Waals surface area contributed by atoms with Crippen LogP contribution in [0.4, 0.5) is 11.4 Å². The number of aliphatic hydroxyl groups is 1. The molecular formula is C12H15N5O3. The van der Waals surface area contributed by atoms with Crippen molar-refractivity contribution in [2.24, 2.45) is 0 Å². The number of nitrogens with one attached hydrogen (secondary N) is 1. The molecule has 2 rings (SSSR count). The zero-order chi connectivity index (χ0) is 14.4. The van der Waals surface area contributed by atoms with E-state index in [0.717, 1.165) is 11.4 Å². The molecule has 8 heteroatoms. The molecule has 0 spiro atoms. The minimum Gasteiger partial charge on any atom is -0.396 e. The van der Waals surface area contributed by atoms with E-state index in [1.165, 1.54) is 12.1 Å². The van der Waals surface area contributed by atoms with Crippen molar-refractivity contribution in [2.75, 3.05) is 11.9 Å². The molecule has 1 aromatic heterocycles. The van der Waals surface area contributed by atoms with Gasteiger partial charge in [0.05, 0.1) is 17.7 Å². The normalized spacial score (nSPS) is 10.4. The van der Waals surface area contributed by atoms with Crippen molar-refractivity contribution in [3.8, 4) is 0 Å². The van der Waals surface area contributed by atoms with Gasteiger partial charge in [0, 0.05) is 31.0 Å². The van der Waals surface area contributed by atoms with E-state index in [4.69, 9.17) is 5.11 Å². The molecule has 20 heavy (non-hydrogen) atoms. The largest absolute Gasteiger partial charge is 0.396 e. The van der Waals surface area contributed by atoms with Gasteiger partial charge in [-0.25, -0.2) is 0 Å². The summed E-state index contributed by atoms with van der Waals surface area (Å²) in [7, 11) is 0. The zero-order valence-electron chi connectivity index (χ0n) is 10.8. The fourth-order valence-electron chi connectivity index (χ4n) is 1.66. The molecule has 0 radical (unpaired) electrons. The van der Waals surface area contributed by atoms with Crippen LogP contribution < -0.4 is 5.32 Å². The predicted molar refractivity (Wildman–Crippen MR) is 72.1 cm³/mol. The summed E-state index contributed by atoms with van der Waals surface area (Å²) < 4.78 is 1.67. The number of anilines is 1. The van der Waals surface area contributed by atoms with E-state index in [1.807, 2.05) is 0 Å². The van der Waals surface area contributed by atoms with E-state index in [0.29, 0.717) is 19.5 Å². The van der Waals surface area contributed by atoms with Gasteiger partial charge >= 0.3 is 0 Å². The third kappa shape index (κ3) is 3.75. The Labute approximate surface area is 115 Å². The first kappa shape index (κ1) is 13.9. The smallest absolute Gasteiger partial charge is 0.269 e. The van der Waals surface area contributed by atoms with Crippen molar-refractivity contribution < 1.29 is 10.0 Å². The molecule has 0 bridgehead atoms. The predicted octanol–water partition coefficient (Wildman–Crippen LogP) is 1.18. The molecule has 0 aliphatic heterocycles. The molecule has 2 aromatic rings. The Morgan fingerprint density at radius 1 is 1.35 bits per heavy atom. The molecule has 1 heterocycles. The Balaban J connectivity index is 1.88. The van der Waals surface area contributed by atoms with E-state index in [2.05, 4.69) is 15.6 Å². The lowest BCUT2D eigenvalue weighted by molar-refractivity contribution is -0.384. The van der Waals surface area contributed by atoms with Gasteiger partial charge in [-0.05, 0) is 18.6 Å². The number of nitro benzene ring substituents is 1. The van der Waals surface area contributed by atoms with Crippen molar-refractivity contribution in [1.29, 1.82) is 0 Å². The molecule has 0 amide bonds. The second-order valence-electron chi connectivity index (χ2n) is 4.21. The number of aliphatic hydroxyl groups excluding tert-OH is 1. The zero-order valence-corrected chi connectivity index (χ0v) is 10.8. The number of hydrogen-bond donors (Lipinski definition) is 2. The average Bonchev–Trinajstić information content (AvgIpc) is 2.91. The first-order chi connectivity index (χ1) is 9.69. The Bertz CT molecular complexity index is 567. The van der Waals surface area contributed by atoms with E-state index in [1.54, 1.807) is 23.0 Å². The van der Waals surface area contributed by atoms with Crippen LogP contribution in [0.15, 0.2) is 30.5 Å². The van der Waals surface area contributed by atoms with Gasteiger partial charge in [0.1, 0.15) is 5.69 Å². The summed E-state index contributed by atoms with van der Waals surface area (Å²) >= 11 is 0. The Kier molecular flexibility index (Phi) is 4.61. The van der Waals surface area contributed by atoms with Crippen molar-refractivity contribution in [3.05, 3.63) is 46.3 Å². The number of non-ortho nitro benzene ring substituents is 1. The average molecular weight is 277 g/mol. The monoisotopic (exact) mass is 277 g/mol. The lowest BCUT2D eigenvalue weighted by atomic mass is 10.3. The third-order valence-corrected chi connectivity index (χ3v) is 2.68. The van der Waals surface area contributed by atoms with E-state index < -0.39 is 4.92 Å². The summed E-state index contributed by atoms with van der Waals surface area (Å²) in [6, 6.07) is 6.18. The van der Waals surface area contributed by atoms with Gasteiger partial charge in [-0.2, -0.15) is 0 Å². The Morgan fingerprint density at radius 3 is 2.75 bits per heavy atom. The van der Waals surface area contributed by atoms with Crippen molar-refractivity contribution >= 4 is 11.4 Å². The third-order valence-electron chi connectivity index (χ3n) is 2.68. The van der Waals surface area contributed by atoms with Crippen LogP contribution in [-0.2, 0) is 13.1 Å². The van der Waals surface area contributed by atoms with Gasteiger partial charge in [0.2, 0.25) is 0 Å². The van der Waals surface area contributed by atoms with Gasteiger partial charge in [0.15, 0.2) is 0 Å². The summed E-state index contributed by atoms with van der Waals surface area (Å²) in [6.45, 7) is 1.23. The molecule has 0 atom stereocenters. The lowest BCUT2D eigenvalue weighted by Gasteiger charge is -2.03. The van der Waals surface area contributed by atoms with Gasteiger partial charge in [-0.15, -0.1) is 5.10 Å². The molecule has 0 aliphatic carbocycles. The van der Waals surface area contributed by atoms with Gasteiger partial charge in [-0.3, -0.25) is 14.8 Å². The van der Waals surface area contributed by atoms with E-state index in [-0.39, 0.29) is 12.3 Å². The molecule has 0 saturated carbocycles. The molecule has 0 saturated heterocycles. The second-order valence-corrected chi connectivity index (χ2v) is 4.21. The van der Waals surface area contributed by atoms with Crippen LogP contribution >= 0.6 is 0 Å². The first-order valence-corrected chi connectivity index (χ1v) is 6.17. The molecule has 0 fully saturated rings. The SMILES string of the molecule is O=[N+]([O-])c1ccc(NCc2cn(CCCO)nn2)cc1. The number of rotatable bonds is 7. The van der Waals surface area contributed by atoms with Crippen LogP contribution in [0.5, 0.6) is 0 Å². The number of nitrogens with zero attached hydrogens (tertiary/aromatic N) is 4. The van der Waals surface area contributed by atoms with Crippen molar-refractivity contribution in [3.63, 3.8) is 0 Å². The maximum absolute atomic E-state index is 10.5. The number of aromatic nitrogens is 3. The minimum atomic E-state index is -0.434. The molecule has 8 nitrogen and oxygen atoms in total. The van der Waals surface area contributed by atoms with Crippen LogP contribution in [0.1, 0.15) is 12.1 Å². The summed E-state index contributed by atoms with van der Waals surface area (Å²) in [4.78, 5) is 10.1. The lowest BCUT2D eigenvalue weighted by Crippen LogP contribution is -2.01. The van der Waals surface area contributed by atoms with Gasteiger partial charge in [0.25, 0.3) is 5.69 Å². The molecular weight excluding hydrogens is 262 g/mol. The molecule has 1 aromatic carbocycles. The molecule has 0 aliphatic rings. The maximum Gasteiger partial charge on any atom is 0.269 e. The quantitative estimate of drug-likeness (QED) is 0.581. The minimum absolute atomic E-state index is 0.0606. The van der Waals surface area contributed by atoms with Crippen LogP contribution in [0.25, 0.3) is 0 Å². The molecule has 0 unspecified atom stereocenters. The number of aryl methyl sites for hydroxylation is 1. The van der Waals surface area contributed by atoms with E-state index >= 15 is 0 Å². The van der Waals surface area contributed by atoms with Crippen LogP contribution in [0, 0.1) is 10.1 Å². The van der Waals surface area contributed by atoms with Crippen LogP contribution in [0.2, 0.25) is 0 Å². The summed E-state index contributed by atoms with van der Waals surface area (Å²) in [5.74, 6) is 0. The maximum atomic E-state index is 10.5. The van der Waals surface area contributed by atoms with Crippen molar-refractivity contribution in [1.82, 2.24) is 15.0 Å². The summed E-state index contributed by atoms with van der Waals surface area (Å²) in [6.07, 6.45) is 2.44.